The van der Waals surface area contributed by atoms with Crippen molar-refractivity contribution in [2.45, 2.75) is 44.1 Å². The SMILES string of the molecule is Cc1c(O)cccc1C(=O)NC(Cc1ccccc1)C(O)C(=O)N1CC(F)CC1C(=O)NCCN1CCOCC1. The second-order valence-electron chi connectivity index (χ2n) is 10.2. The normalized spacial score (nSPS) is 21.0. The molecule has 4 unspecified atom stereocenters. The molecular weight excluding hydrogens is 519 g/mol. The van der Waals surface area contributed by atoms with Crippen LogP contribution in [0.5, 0.6) is 5.75 Å². The number of carbonyl (C=O) groups excluding carboxylic acids is 3. The Hall–Kier alpha value is -3.54. The summed E-state index contributed by atoms with van der Waals surface area (Å²) in [6.07, 6.45) is -3.21. The smallest absolute Gasteiger partial charge is 0.254 e. The average molecular weight is 557 g/mol. The fourth-order valence-corrected chi connectivity index (χ4v) is 5.12. The molecule has 3 amide bonds. The van der Waals surface area contributed by atoms with E-state index in [-0.39, 0.29) is 30.7 Å². The minimum Gasteiger partial charge on any atom is -0.508 e. The van der Waals surface area contributed by atoms with E-state index in [9.17, 15) is 29.0 Å². The molecule has 2 saturated heterocycles. The van der Waals surface area contributed by atoms with Crippen molar-refractivity contribution in [2.24, 2.45) is 0 Å². The lowest BCUT2D eigenvalue weighted by atomic mass is 9.98. The third-order valence-corrected chi connectivity index (χ3v) is 7.47. The van der Waals surface area contributed by atoms with Gasteiger partial charge in [-0.05, 0) is 31.0 Å². The minimum atomic E-state index is -1.74. The maximum Gasteiger partial charge on any atom is 0.254 e. The number of nitrogens with one attached hydrogen (secondary N) is 2. The van der Waals surface area contributed by atoms with E-state index in [1.54, 1.807) is 31.2 Å². The molecule has 2 aliphatic rings. The largest absolute Gasteiger partial charge is 0.508 e. The fourth-order valence-electron chi connectivity index (χ4n) is 5.12. The molecule has 4 rings (SSSR count). The molecule has 0 aliphatic carbocycles. The van der Waals surface area contributed by atoms with Gasteiger partial charge in [-0.1, -0.05) is 36.4 Å². The van der Waals surface area contributed by atoms with Gasteiger partial charge in [-0.25, -0.2) is 4.39 Å². The number of amides is 3. The Kier molecular flexibility index (Phi) is 10.1. The third-order valence-electron chi connectivity index (χ3n) is 7.47. The second-order valence-corrected chi connectivity index (χ2v) is 10.2. The van der Waals surface area contributed by atoms with Crippen LogP contribution >= 0.6 is 0 Å². The first-order valence-electron chi connectivity index (χ1n) is 13.6. The molecule has 0 spiro atoms. The zero-order chi connectivity index (χ0) is 28.6. The predicted molar refractivity (Wildman–Crippen MR) is 146 cm³/mol. The first-order chi connectivity index (χ1) is 19.2. The van der Waals surface area contributed by atoms with Crippen molar-refractivity contribution >= 4 is 17.7 Å². The van der Waals surface area contributed by atoms with E-state index in [4.69, 9.17) is 4.74 Å². The number of rotatable bonds is 10. The number of hydrogen-bond acceptors (Lipinski definition) is 7. The molecule has 11 heteroatoms. The highest BCUT2D eigenvalue weighted by molar-refractivity contribution is 5.97. The lowest BCUT2D eigenvalue weighted by Crippen LogP contribution is -2.56. The number of carbonyl (C=O) groups is 3. The Labute approximate surface area is 233 Å². The van der Waals surface area contributed by atoms with Crippen LogP contribution in [0.4, 0.5) is 4.39 Å². The number of aliphatic hydroxyl groups excluding tert-OH is 1. The van der Waals surface area contributed by atoms with Gasteiger partial charge < -0.3 is 30.5 Å². The van der Waals surface area contributed by atoms with Gasteiger partial charge in [-0.3, -0.25) is 19.3 Å². The summed E-state index contributed by atoms with van der Waals surface area (Å²) in [6.45, 7) is 5.00. The number of phenols is 1. The first-order valence-corrected chi connectivity index (χ1v) is 13.6. The number of hydrogen-bond donors (Lipinski definition) is 4. The number of nitrogens with zero attached hydrogens (tertiary/aromatic N) is 2. The lowest BCUT2D eigenvalue weighted by molar-refractivity contribution is -0.146. The van der Waals surface area contributed by atoms with E-state index >= 15 is 0 Å². The molecule has 2 aliphatic heterocycles. The van der Waals surface area contributed by atoms with E-state index in [0.29, 0.717) is 31.9 Å². The van der Waals surface area contributed by atoms with E-state index in [0.717, 1.165) is 23.6 Å². The summed E-state index contributed by atoms with van der Waals surface area (Å²) >= 11 is 0. The lowest BCUT2D eigenvalue weighted by Gasteiger charge is -2.30. The monoisotopic (exact) mass is 556 g/mol. The highest BCUT2D eigenvalue weighted by Crippen LogP contribution is 2.24. The summed E-state index contributed by atoms with van der Waals surface area (Å²) in [4.78, 5) is 42.9. The molecular formula is C29H37FN4O6. The molecule has 40 heavy (non-hydrogen) atoms. The summed E-state index contributed by atoms with van der Waals surface area (Å²) in [6, 6.07) is 11.4. The summed E-state index contributed by atoms with van der Waals surface area (Å²) < 4.78 is 19.8. The summed E-state index contributed by atoms with van der Waals surface area (Å²) in [7, 11) is 0. The Morgan fingerprint density at radius 2 is 1.82 bits per heavy atom. The Morgan fingerprint density at radius 3 is 2.55 bits per heavy atom. The molecule has 4 atom stereocenters. The third kappa shape index (κ3) is 7.35. The van der Waals surface area contributed by atoms with Crippen LogP contribution in [0, 0.1) is 6.92 Å². The molecule has 2 fully saturated rings. The van der Waals surface area contributed by atoms with Crippen molar-refractivity contribution in [1.82, 2.24) is 20.4 Å². The van der Waals surface area contributed by atoms with Crippen LogP contribution < -0.4 is 10.6 Å². The minimum absolute atomic E-state index is 0.0580. The van der Waals surface area contributed by atoms with Crippen molar-refractivity contribution in [1.29, 1.82) is 0 Å². The standard InChI is InChI=1S/C29H37FN4O6/c1-19-22(8-5-9-25(19)35)27(37)32-23(16-20-6-3-2-4-7-20)26(36)29(39)34-18-21(30)17-24(34)28(38)31-10-11-33-12-14-40-15-13-33/h2-9,21,23-24,26,35-36H,10-18H2,1H3,(H,31,38)(H,32,37). The van der Waals surface area contributed by atoms with Crippen LogP contribution in [0.1, 0.15) is 27.9 Å². The maximum absolute atomic E-state index is 14.5. The zero-order valence-electron chi connectivity index (χ0n) is 22.6. The van der Waals surface area contributed by atoms with Gasteiger partial charge in [-0.15, -0.1) is 0 Å². The van der Waals surface area contributed by atoms with E-state index < -0.39 is 42.1 Å². The quantitative estimate of drug-likeness (QED) is 0.340. The van der Waals surface area contributed by atoms with Crippen LogP contribution in [0.3, 0.4) is 0 Å². The van der Waals surface area contributed by atoms with Crippen LogP contribution in [0.25, 0.3) is 0 Å². The van der Waals surface area contributed by atoms with Gasteiger partial charge in [0, 0.05) is 43.7 Å². The van der Waals surface area contributed by atoms with Crippen molar-refractivity contribution in [2.75, 3.05) is 45.9 Å². The van der Waals surface area contributed by atoms with Crippen molar-refractivity contribution in [3.05, 3.63) is 65.2 Å². The van der Waals surface area contributed by atoms with Gasteiger partial charge in [0.15, 0.2) is 6.10 Å². The topological polar surface area (TPSA) is 131 Å². The highest BCUT2D eigenvalue weighted by atomic mass is 19.1. The van der Waals surface area contributed by atoms with E-state index in [1.165, 1.54) is 18.2 Å². The number of aromatic hydroxyl groups is 1. The molecule has 216 valence electrons. The molecule has 10 nitrogen and oxygen atoms in total. The van der Waals surface area contributed by atoms with Gasteiger partial charge in [-0.2, -0.15) is 0 Å². The molecule has 0 bridgehead atoms. The number of ether oxygens (including phenoxy) is 1. The van der Waals surface area contributed by atoms with Crippen molar-refractivity contribution in [3.8, 4) is 5.75 Å². The Balaban J connectivity index is 1.46. The second kappa shape index (κ2) is 13.7. The first kappa shape index (κ1) is 29.4. The van der Waals surface area contributed by atoms with Gasteiger partial charge in [0.25, 0.3) is 11.8 Å². The highest BCUT2D eigenvalue weighted by Gasteiger charge is 2.43. The van der Waals surface area contributed by atoms with E-state index in [1.807, 2.05) is 6.07 Å². The molecule has 2 aromatic carbocycles. The van der Waals surface area contributed by atoms with Gasteiger partial charge in [0.2, 0.25) is 5.91 Å². The molecule has 0 radical (unpaired) electrons. The number of halogens is 1. The van der Waals surface area contributed by atoms with Crippen LogP contribution in [0.2, 0.25) is 0 Å². The number of aliphatic hydroxyl groups is 1. The van der Waals surface area contributed by atoms with Crippen LogP contribution in [0.15, 0.2) is 48.5 Å². The average Bonchev–Trinajstić information content (AvgIpc) is 3.36. The van der Waals surface area contributed by atoms with Crippen molar-refractivity contribution in [3.63, 3.8) is 0 Å². The number of likely N-dealkylation sites (tertiary alicyclic amines) is 1. The fraction of sp³-hybridized carbons (Fsp3) is 0.483. The summed E-state index contributed by atoms with van der Waals surface area (Å²) in [5, 5.41) is 26.8. The molecule has 4 N–H and O–H groups in total. The summed E-state index contributed by atoms with van der Waals surface area (Å²) in [5.41, 5.74) is 1.31. The number of phenolic OH excluding ortho intramolecular Hbond substituents is 1. The van der Waals surface area contributed by atoms with Gasteiger partial charge in [0.05, 0.1) is 25.8 Å². The number of alkyl halides is 1. The molecule has 2 aromatic rings. The van der Waals surface area contributed by atoms with Crippen molar-refractivity contribution < 1.29 is 33.7 Å². The van der Waals surface area contributed by atoms with Crippen LogP contribution in [-0.4, -0.2) is 108 Å². The van der Waals surface area contributed by atoms with Gasteiger partial charge in [0.1, 0.15) is 18.0 Å². The van der Waals surface area contributed by atoms with E-state index in [2.05, 4.69) is 15.5 Å². The van der Waals surface area contributed by atoms with Crippen LogP contribution in [-0.2, 0) is 20.7 Å². The number of benzene rings is 2. The molecule has 0 saturated carbocycles. The maximum atomic E-state index is 14.5. The Bertz CT molecular complexity index is 1180. The Morgan fingerprint density at radius 1 is 1.10 bits per heavy atom. The predicted octanol–water partition coefficient (Wildman–Crippen LogP) is 0.790. The molecule has 0 aromatic heterocycles. The molecule has 2 heterocycles. The zero-order valence-corrected chi connectivity index (χ0v) is 22.6. The summed E-state index contributed by atoms with van der Waals surface area (Å²) in [5.74, 6) is -1.95. The van der Waals surface area contributed by atoms with Gasteiger partial charge >= 0.3 is 0 Å². The number of morpholine rings is 1.